The lowest BCUT2D eigenvalue weighted by molar-refractivity contribution is -0.141. The molecule has 0 saturated carbocycles. The average Bonchev–Trinajstić information content (AvgIpc) is 2.57. The summed E-state index contributed by atoms with van der Waals surface area (Å²) in [7, 11) is 0. The van der Waals surface area contributed by atoms with Crippen LogP contribution in [-0.2, 0) is 14.3 Å². The first-order valence-electron chi connectivity index (χ1n) is 9.97. The van der Waals surface area contributed by atoms with E-state index in [4.69, 9.17) is 4.74 Å². The van der Waals surface area contributed by atoms with Gasteiger partial charge in [0.05, 0.1) is 0 Å². The van der Waals surface area contributed by atoms with Crippen LogP contribution >= 0.6 is 0 Å². The van der Waals surface area contributed by atoms with Crippen molar-refractivity contribution < 1.29 is 19.1 Å². The van der Waals surface area contributed by atoms with Crippen molar-refractivity contribution in [2.75, 3.05) is 13.1 Å². The summed E-state index contributed by atoms with van der Waals surface area (Å²) < 4.78 is 5.19. The van der Waals surface area contributed by atoms with Crippen LogP contribution < -0.4 is 10.6 Å². The number of carbonyl (C=O) groups excluding carboxylic acids is 3. The van der Waals surface area contributed by atoms with Crippen molar-refractivity contribution in [2.24, 2.45) is 0 Å². The molecule has 0 saturated heterocycles. The van der Waals surface area contributed by atoms with E-state index < -0.39 is 23.3 Å². The van der Waals surface area contributed by atoms with Crippen LogP contribution in [0, 0.1) is 0 Å². The number of amides is 3. The Kier molecular flexibility index (Phi) is 8.67. The third kappa shape index (κ3) is 8.98. The van der Waals surface area contributed by atoms with Gasteiger partial charge < -0.3 is 20.3 Å². The second-order valence-corrected chi connectivity index (χ2v) is 9.00. The molecule has 7 nitrogen and oxygen atoms in total. The van der Waals surface area contributed by atoms with Crippen molar-refractivity contribution in [3.8, 4) is 0 Å². The lowest BCUT2D eigenvalue weighted by atomic mass is 10.0. The maximum atomic E-state index is 13.1. The molecule has 1 aromatic carbocycles. The van der Waals surface area contributed by atoms with Crippen molar-refractivity contribution in [1.82, 2.24) is 15.5 Å². The Balaban J connectivity index is 3.07. The number of ether oxygens (including phenoxy) is 1. The van der Waals surface area contributed by atoms with Crippen LogP contribution in [0.1, 0.15) is 66.5 Å². The van der Waals surface area contributed by atoms with Crippen LogP contribution in [-0.4, -0.2) is 47.0 Å². The van der Waals surface area contributed by atoms with E-state index in [-0.39, 0.29) is 18.4 Å². The monoisotopic (exact) mass is 405 g/mol. The van der Waals surface area contributed by atoms with Gasteiger partial charge in [0.25, 0.3) is 0 Å². The van der Waals surface area contributed by atoms with E-state index in [9.17, 15) is 14.4 Å². The van der Waals surface area contributed by atoms with Crippen LogP contribution in [0.5, 0.6) is 0 Å². The molecule has 3 amide bonds. The van der Waals surface area contributed by atoms with Crippen LogP contribution in [0.4, 0.5) is 4.79 Å². The molecule has 0 fully saturated rings. The van der Waals surface area contributed by atoms with Gasteiger partial charge >= 0.3 is 6.09 Å². The standard InChI is InChI=1S/C22H35N3O4/c1-8-14-25(17(26)15-23-20(28)29-22(5,6)7)18(16-12-10-9-11-13-16)19(27)24-21(2,3)4/h9-13,18H,8,14-15H2,1-7H3,(H,23,28)(H,24,27). The second-order valence-electron chi connectivity index (χ2n) is 9.00. The van der Waals surface area contributed by atoms with E-state index in [1.807, 2.05) is 58.0 Å². The summed E-state index contributed by atoms with van der Waals surface area (Å²) in [6.45, 7) is 13.0. The minimum atomic E-state index is -0.789. The summed E-state index contributed by atoms with van der Waals surface area (Å²) >= 11 is 0. The molecule has 2 N–H and O–H groups in total. The predicted molar refractivity (Wildman–Crippen MR) is 113 cm³/mol. The number of hydrogen-bond donors (Lipinski definition) is 2. The van der Waals surface area contributed by atoms with Crippen molar-refractivity contribution in [1.29, 1.82) is 0 Å². The zero-order valence-corrected chi connectivity index (χ0v) is 18.7. The lowest BCUT2D eigenvalue weighted by Gasteiger charge is -2.33. The quantitative estimate of drug-likeness (QED) is 0.728. The first-order chi connectivity index (χ1) is 13.3. The molecule has 0 aliphatic carbocycles. The molecule has 0 aromatic heterocycles. The van der Waals surface area contributed by atoms with Gasteiger partial charge in [0.1, 0.15) is 18.2 Å². The van der Waals surface area contributed by atoms with E-state index in [1.165, 1.54) is 4.90 Å². The molecular weight excluding hydrogens is 370 g/mol. The van der Waals surface area contributed by atoms with Gasteiger partial charge in [-0.25, -0.2) is 4.79 Å². The molecule has 1 aromatic rings. The molecular formula is C22H35N3O4. The Hall–Kier alpha value is -2.57. The number of nitrogens with one attached hydrogen (secondary N) is 2. The van der Waals surface area contributed by atoms with Crippen molar-refractivity contribution in [3.05, 3.63) is 35.9 Å². The maximum absolute atomic E-state index is 13.1. The minimum Gasteiger partial charge on any atom is -0.444 e. The molecule has 7 heteroatoms. The largest absolute Gasteiger partial charge is 0.444 e. The van der Waals surface area contributed by atoms with Crippen LogP contribution in [0.15, 0.2) is 30.3 Å². The Labute approximate surface area is 174 Å². The van der Waals surface area contributed by atoms with Crippen LogP contribution in [0.3, 0.4) is 0 Å². The summed E-state index contributed by atoms with van der Waals surface area (Å²) in [6, 6.07) is 8.39. The Morgan fingerprint density at radius 2 is 1.62 bits per heavy atom. The molecule has 1 atom stereocenters. The van der Waals surface area contributed by atoms with Crippen molar-refractivity contribution >= 4 is 17.9 Å². The van der Waals surface area contributed by atoms with E-state index in [0.717, 1.165) is 0 Å². The van der Waals surface area contributed by atoms with Gasteiger partial charge in [0.2, 0.25) is 11.8 Å². The van der Waals surface area contributed by atoms with Gasteiger partial charge in [-0.3, -0.25) is 9.59 Å². The first kappa shape index (κ1) is 24.5. The molecule has 0 aliphatic rings. The molecule has 0 spiro atoms. The highest BCUT2D eigenvalue weighted by Crippen LogP contribution is 2.23. The highest BCUT2D eigenvalue weighted by molar-refractivity contribution is 5.90. The summed E-state index contributed by atoms with van der Waals surface area (Å²) in [5, 5.41) is 5.45. The topological polar surface area (TPSA) is 87.7 Å². The molecule has 0 aliphatic heterocycles. The van der Waals surface area contributed by atoms with Crippen LogP contribution in [0.2, 0.25) is 0 Å². The van der Waals surface area contributed by atoms with E-state index in [2.05, 4.69) is 10.6 Å². The van der Waals surface area contributed by atoms with Gasteiger partial charge in [0, 0.05) is 12.1 Å². The summed E-state index contributed by atoms with van der Waals surface area (Å²) in [4.78, 5) is 39.5. The first-order valence-corrected chi connectivity index (χ1v) is 9.97. The summed E-state index contributed by atoms with van der Waals surface area (Å²) in [5.74, 6) is -0.613. The lowest BCUT2D eigenvalue weighted by Crippen LogP contribution is -2.51. The molecule has 0 radical (unpaired) electrons. The average molecular weight is 406 g/mol. The third-order valence-corrected chi connectivity index (χ3v) is 3.74. The number of rotatable bonds is 7. The fraction of sp³-hybridized carbons (Fsp3) is 0.591. The van der Waals surface area contributed by atoms with Gasteiger partial charge in [-0.05, 0) is 53.5 Å². The zero-order valence-electron chi connectivity index (χ0n) is 18.7. The molecule has 162 valence electrons. The van der Waals surface area contributed by atoms with E-state index in [0.29, 0.717) is 18.5 Å². The minimum absolute atomic E-state index is 0.249. The molecule has 1 rings (SSSR count). The Morgan fingerprint density at radius 1 is 1.03 bits per heavy atom. The van der Waals surface area contributed by atoms with Crippen molar-refractivity contribution in [3.63, 3.8) is 0 Å². The number of alkyl carbamates (subject to hydrolysis) is 1. The maximum Gasteiger partial charge on any atom is 0.408 e. The second kappa shape index (κ2) is 10.3. The predicted octanol–water partition coefficient (Wildman–Crippen LogP) is 3.41. The molecule has 29 heavy (non-hydrogen) atoms. The number of carbonyl (C=O) groups is 3. The normalized spacial score (nSPS) is 12.7. The van der Waals surface area contributed by atoms with Gasteiger partial charge in [-0.1, -0.05) is 37.3 Å². The summed E-state index contributed by atoms with van der Waals surface area (Å²) in [6.07, 6.45) is 0.00215. The highest BCUT2D eigenvalue weighted by atomic mass is 16.6. The van der Waals surface area contributed by atoms with Crippen molar-refractivity contribution in [2.45, 2.75) is 72.1 Å². The van der Waals surface area contributed by atoms with E-state index in [1.54, 1.807) is 20.8 Å². The Bertz CT molecular complexity index is 690. The SMILES string of the molecule is CCCN(C(=O)CNC(=O)OC(C)(C)C)C(C(=O)NC(C)(C)C)c1ccccc1. The molecule has 1 unspecified atom stereocenters. The third-order valence-electron chi connectivity index (χ3n) is 3.74. The number of hydrogen-bond acceptors (Lipinski definition) is 4. The fourth-order valence-corrected chi connectivity index (χ4v) is 2.75. The fourth-order valence-electron chi connectivity index (χ4n) is 2.75. The van der Waals surface area contributed by atoms with Gasteiger partial charge in [0.15, 0.2) is 0 Å². The summed E-state index contributed by atoms with van der Waals surface area (Å²) in [5.41, 5.74) is -0.386. The van der Waals surface area contributed by atoms with Gasteiger partial charge in [-0.2, -0.15) is 0 Å². The highest BCUT2D eigenvalue weighted by Gasteiger charge is 2.32. The molecule has 0 bridgehead atoms. The molecule has 0 heterocycles. The Morgan fingerprint density at radius 3 is 2.10 bits per heavy atom. The smallest absolute Gasteiger partial charge is 0.408 e. The number of nitrogens with zero attached hydrogens (tertiary/aromatic N) is 1. The van der Waals surface area contributed by atoms with Gasteiger partial charge in [-0.15, -0.1) is 0 Å². The zero-order chi connectivity index (χ0) is 22.2. The van der Waals surface area contributed by atoms with Crippen LogP contribution in [0.25, 0.3) is 0 Å². The van der Waals surface area contributed by atoms with E-state index >= 15 is 0 Å². The number of benzene rings is 1.